The van der Waals surface area contributed by atoms with Crippen molar-refractivity contribution in [3.05, 3.63) is 0 Å². The van der Waals surface area contributed by atoms with Crippen LogP contribution in [0.3, 0.4) is 0 Å². The first-order chi connectivity index (χ1) is 18.0. The summed E-state index contributed by atoms with van der Waals surface area (Å²) in [5.41, 5.74) is -1.87. The molecule has 6 heteroatoms. The smallest absolute Gasteiger partial charge is 1.00 e. The first-order valence-corrected chi connectivity index (χ1v) is 18.0. The van der Waals surface area contributed by atoms with Gasteiger partial charge in [-0.2, -0.15) is 8.42 Å². The van der Waals surface area contributed by atoms with Gasteiger partial charge >= 0.3 is 18.9 Å². The number of hydrogen-bond acceptors (Lipinski definition) is 3. The molecule has 1 atom stereocenters. The topological polar surface area (TPSA) is 43.4 Å². The molecule has 0 aromatic carbocycles. The second kappa shape index (κ2) is 32.0. The van der Waals surface area contributed by atoms with Crippen LogP contribution >= 0.6 is 0 Å². The fraction of sp³-hybridized carbons (Fsp3) is 1.00. The van der Waals surface area contributed by atoms with Crippen molar-refractivity contribution in [2.45, 2.75) is 199 Å². The first kappa shape index (κ1) is 40.6. The second-order valence-corrected chi connectivity index (χ2v) is 13.1. The minimum atomic E-state index is -4.06. The average molecular weight is 557 g/mol. The van der Waals surface area contributed by atoms with Gasteiger partial charge < -0.3 is 1.43 Å². The minimum Gasteiger partial charge on any atom is -1.00 e. The van der Waals surface area contributed by atoms with Crippen LogP contribution in [0, 0.1) is 0 Å². The maximum Gasteiger partial charge on any atom is 1.00 e. The van der Waals surface area contributed by atoms with E-state index in [0.29, 0.717) is 12.8 Å². The summed E-state index contributed by atoms with van der Waals surface area (Å²) in [6, 6.07) is 0. The Balaban J connectivity index is -0.00000648. The van der Waals surface area contributed by atoms with Gasteiger partial charge in [0.25, 0.3) is 10.1 Å². The van der Waals surface area contributed by atoms with Crippen LogP contribution in [0.15, 0.2) is 0 Å². The van der Waals surface area contributed by atoms with Crippen LogP contribution in [-0.2, 0) is 14.3 Å². The molecule has 0 saturated heterocycles. The summed E-state index contributed by atoms with van der Waals surface area (Å²) in [6.07, 6.45) is 33.6. The molecule has 0 radical (unpaired) electrons. The van der Waals surface area contributed by atoms with Crippen molar-refractivity contribution in [2.24, 2.45) is 0 Å². The molecule has 0 rings (SSSR count). The standard InChI is InChI=1S/C32H65FO3S.Li.H/c1-3-5-7-9-11-13-14-15-16-17-18-19-20-21-22-23-25-27-29-31-36-37(34,35)32(33)30-28-26-24-12-10-8-6-4-2;;/h32H,3-31H2,1-2H3;;/q;+1;-1. The van der Waals surface area contributed by atoms with E-state index in [1.807, 2.05) is 0 Å². The SMILES string of the molecule is CCCCCCCCCCCCCCCCCCCCCOS(=O)(=O)C(F)CCCCCCCCCC.[H-].[Li+]. The quantitative estimate of drug-likeness (QED) is 0.0487. The molecule has 0 aliphatic rings. The maximum absolute atomic E-state index is 14.1. The summed E-state index contributed by atoms with van der Waals surface area (Å²) >= 11 is 0. The van der Waals surface area contributed by atoms with Crippen LogP contribution in [0.1, 0.15) is 195 Å². The van der Waals surface area contributed by atoms with Crippen molar-refractivity contribution in [2.75, 3.05) is 6.61 Å². The molecule has 0 bridgehead atoms. The van der Waals surface area contributed by atoms with Gasteiger partial charge in [0.2, 0.25) is 5.50 Å². The zero-order valence-corrected chi connectivity index (χ0v) is 26.9. The van der Waals surface area contributed by atoms with Crippen molar-refractivity contribution in [1.29, 1.82) is 0 Å². The third-order valence-electron chi connectivity index (χ3n) is 7.59. The number of halogens is 1. The Labute approximate surface area is 252 Å². The zero-order valence-electron chi connectivity index (χ0n) is 27.1. The van der Waals surface area contributed by atoms with Gasteiger partial charge in [0.05, 0.1) is 6.61 Å². The second-order valence-electron chi connectivity index (χ2n) is 11.4. The summed E-state index contributed by atoms with van der Waals surface area (Å²) < 4.78 is 43.0. The van der Waals surface area contributed by atoms with E-state index < -0.39 is 15.6 Å². The molecule has 0 heterocycles. The number of unbranched alkanes of at least 4 members (excludes halogenated alkanes) is 25. The first-order valence-electron chi connectivity index (χ1n) is 16.6. The molecule has 0 aromatic rings. The van der Waals surface area contributed by atoms with E-state index in [-0.39, 0.29) is 33.3 Å². The summed E-state index contributed by atoms with van der Waals surface area (Å²) in [5, 5.41) is 0. The number of alkyl halides is 1. The molecule has 3 nitrogen and oxygen atoms in total. The Hall–Kier alpha value is 0.437. The third kappa shape index (κ3) is 29.4. The van der Waals surface area contributed by atoms with E-state index in [2.05, 4.69) is 13.8 Å². The van der Waals surface area contributed by atoms with E-state index in [1.165, 1.54) is 135 Å². The van der Waals surface area contributed by atoms with E-state index in [0.717, 1.165) is 25.7 Å². The average Bonchev–Trinajstić information content (AvgIpc) is 2.88. The summed E-state index contributed by atoms with van der Waals surface area (Å²) in [6.45, 7) is 4.60. The van der Waals surface area contributed by atoms with Crippen LogP contribution in [0.25, 0.3) is 0 Å². The van der Waals surface area contributed by atoms with Gasteiger partial charge in [0.15, 0.2) is 0 Å². The molecule has 0 spiro atoms. The molecule has 0 N–H and O–H groups in total. The molecule has 0 amide bonds. The molecule has 0 fully saturated rings. The molecule has 226 valence electrons. The van der Waals surface area contributed by atoms with E-state index >= 15 is 0 Å². The van der Waals surface area contributed by atoms with Gasteiger partial charge in [0, 0.05) is 0 Å². The van der Waals surface area contributed by atoms with Gasteiger partial charge in [-0.25, -0.2) is 4.39 Å². The molecule has 0 aromatic heterocycles. The number of rotatable bonds is 31. The Kier molecular flexibility index (Phi) is 34.1. The third-order valence-corrected chi connectivity index (χ3v) is 8.95. The van der Waals surface area contributed by atoms with Gasteiger partial charge in [-0.15, -0.1) is 0 Å². The Bertz CT molecular complexity index is 552. The summed E-state index contributed by atoms with van der Waals surface area (Å²) in [5.74, 6) is 0. The molecule has 0 aliphatic carbocycles. The predicted molar refractivity (Wildman–Crippen MR) is 162 cm³/mol. The molecular weight excluding hydrogens is 490 g/mol. The van der Waals surface area contributed by atoms with Gasteiger partial charge in [-0.1, -0.05) is 174 Å². The molecular formula is C32H66FLiO3S. The Morgan fingerprint density at radius 2 is 0.763 bits per heavy atom. The summed E-state index contributed by atoms with van der Waals surface area (Å²) in [7, 11) is -4.06. The van der Waals surface area contributed by atoms with Gasteiger partial charge in [0.1, 0.15) is 0 Å². The normalized spacial score (nSPS) is 12.5. The molecule has 1 unspecified atom stereocenters. The van der Waals surface area contributed by atoms with E-state index in [4.69, 9.17) is 4.18 Å². The summed E-state index contributed by atoms with van der Waals surface area (Å²) in [4.78, 5) is 0. The predicted octanol–water partition coefficient (Wildman–Crippen LogP) is 8.71. The molecule has 0 aliphatic heterocycles. The van der Waals surface area contributed by atoms with Gasteiger partial charge in [-0.3, -0.25) is 4.18 Å². The minimum absolute atomic E-state index is 0. The van der Waals surface area contributed by atoms with Crippen molar-refractivity contribution in [3.8, 4) is 0 Å². The fourth-order valence-corrected chi connectivity index (χ4v) is 5.97. The van der Waals surface area contributed by atoms with Crippen LogP contribution in [-0.4, -0.2) is 20.5 Å². The Morgan fingerprint density at radius 1 is 0.500 bits per heavy atom. The fourth-order valence-electron chi connectivity index (χ4n) is 5.01. The van der Waals surface area contributed by atoms with Crippen molar-refractivity contribution >= 4 is 10.1 Å². The van der Waals surface area contributed by atoms with Crippen LogP contribution < -0.4 is 18.9 Å². The van der Waals surface area contributed by atoms with E-state index in [9.17, 15) is 12.8 Å². The largest absolute Gasteiger partial charge is 1.00 e. The van der Waals surface area contributed by atoms with Crippen molar-refractivity contribution in [3.63, 3.8) is 0 Å². The molecule has 38 heavy (non-hydrogen) atoms. The zero-order chi connectivity index (χ0) is 27.3. The van der Waals surface area contributed by atoms with Gasteiger partial charge in [-0.05, 0) is 19.3 Å². The number of hydrogen-bond donors (Lipinski definition) is 0. The molecule has 0 saturated carbocycles. The van der Waals surface area contributed by atoms with Crippen molar-refractivity contribution in [1.82, 2.24) is 0 Å². The van der Waals surface area contributed by atoms with Crippen LogP contribution in [0.2, 0.25) is 0 Å². The van der Waals surface area contributed by atoms with Crippen LogP contribution in [0.4, 0.5) is 4.39 Å². The monoisotopic (exact) mass is 556 g/mol. The van der Waals surface area contributed by atoms with Crippen LogP contribution in [0.5, 0.6) is 0 Å². The maximum atomic E-state index is 14.1. The van der Waals surface area contributed by atoms with Crippen molar-refractivity contribution < 1.29 is 37.3 Å². The Morgan fingerprint density at radius 3 is 1.08 bits per heavy atom. The van der Waals surface area contributed by atoms with E-state index in [1.54, 1.807) is 0 Å².